The zero-order valence-corrected chi connectivity index (χ0v) is 19.7. The number of fused-ring (bicyclic) bond motifs is 1. The summed E-state index contributed by atoms with van der Waals surface area (Å²) in [6.07, 6.45) is 1.73. The van der Waals surface area contributed by atoms with Gasteiger partial charge in [-0.05, 0) is 26.0 Å². The summed E-state index contributed by atoms with van der Waals surface area (Å²) in [7, 11) is 0. The Labute approximate surface area is 190 Å². The first kappa shape index (κ1) is 22.1. The van der Waals surface area contributed by atoms with Gasteiger partial charge in [-0.2, -0.15) is 4.98 Å². The van der Waals surface area contributed by atoms with E-state index in [1.807, 2.05) is 52.8 Å². The number of carbonyl (C=O) groups excluding carboxylic acids is 2. The fourth-order valence-electron chi connectivity index (χ4n) is 3.32. The van der Waals surface area contributed by atoms with Crippen LogP contribution in [0.2, 0.25) is 0 Å². The first-order valence-electron chi connectivity index (χ1n) is 10.5. The van der Waals surface area contributed by atoms with Gasteiger partial charge in [-0.25, -0.2) is 9.97 Å². The van der Waals surface area contributed by atoms with Gasteiger partial charge in [0.1, 0.15) is 4.70 Å². The van der Waals surface area contributed by atoms with Gasteiger partial charge in [-0.3, -0.25) is 14.6 Å². The minimum atomic E-state index is -0.464. The molecule has 1 atom stereocenters. The number of aromatic nitrogens is 4. The van der Waals surface area contributed by atoms with E-state index < -0.39 is 5.41 Å². The third-order valence-corrected chi connectivity index (χ3v) is 6.19. The first-order valence-corrected chi connectivity index (χ1v) is 11.4. The van der Waals surface area contributed by atoms with Crippen LogP contribution in [0.3, 0.4) is 0 Å². The number of likely N-dealkylation sites (tertiary alicyclic amines) is 1. The Morgan fingerprint density at radius 2 is 1.94 bits per heavy atom. The Kier molecular flexibility index (Phi) is 5.81. The van der Waals surface area contributed by atoms with Gasteiger partial charge in [-0.15, -0.1) is 11.3 Å². The molecule has 0 aliphatic carbocycles. The lowest BCUT2D eigenvalue weighted by molar-refractivity contribution is -0.130. The van der Waals surface area contributed by atoms with Gasteiger partial charge in [0.15, 0.2) is 11.3 Å². The van der Waals surface area contributed by atoms with Crippen LogP contribution in [0.15, 0.2) is 24.4 Å². The van der Waals surface area contributed by atoms with Crippen molar-refractivity contribution in [2.75, 3.05) is 18.4 Å². The molecular weight excluding hydrogens is 426 g/mol. The van der Waals surface area contributed by atoms with Crippen LogP contribution in [0.25, 0.3) is 10.3 Å². The number of hydrogen-bond acceptors (Lipinski definition) is 8. The zero-order valence-electron chi connectivity index (χ0n) is 18.8. The molecule has 4 rings (SSSR count). The topological polar surface area (TPSA) is 113 Å². The van der Waals surface area contributed by atoms with E-state index in [0.717, 1.165) is 10.7 Å². The second kappa shape index (κ2) is 8.42. The number of amides is 2. The Hall–Kier alpha value is -3.14. The number of carbonyl (C=O) groups is 2. The van der Waals surface area contributed by atoms with Crippen molar-refractivity contribution in [1.29, 1.82) is 0 Å². The number of rotatable bonds is 5. The molecule has 0 unspecified atom stereocenters. The van der Waals surface area contributed by atoms with E-state index >= 15 is 0 Å². The molecule has 3 aromatic heterocycles. The van der Waals surface area contributed by atoms with Crippen LogP contribution < -0.4 is 10.6 Å². The van der Waals surface area contributed by atoms with Crippen molar-refractivity contribution in [3.63, 3.8) is 0 Å². The second-order valence-electron chi connectivity index (χ2n) is 9.03. The Bertz CT molecular complexity index is 1150. The molecule has 32 heavy (non-hydrogen) atoms. The molecule has 1 aliphatic rings. The number of pyridine rings is 1. The fraction of sp³-hybridized carbons (Fsp3) is 0.455. The zero-order chi connectivity index (χ0) is 23.0. The van der Waals surface area contributed by atoms with E-state index in [-0.39, 0.29) is 23.9 Å². The van der Waals surface area contributed by atoms with Crippen molar-refractivity contribution in [2.45, 2.75) is 46.7 Å². The summed E-state index contributed by atoms with van der Waals surface area (Å²) in [4.78, 5) is 45.0. The molecule has 9 nitrogen and oxygen atoms in total. The van der Waals surface area contributed by atoms with Gasteiger partial charge >= 0.3 is 0 Å². The Morgan fingerprint density at radius 3 is 2.59 bits per heavy atom. The number of anilines is 1. The monoisotopic (exact) mass is 453 g/mol. The standard InChI is InChI=1S/C22H27N7O2S/c1-12(15-8-6-7-9-23-15)24-21-27-16(17-18(28-21)25-13(2)32-17)19(30)29-10-14(11-29)26-20(31)22(3,4)5/h6-9,12,14H,10-11H2,1-5H3,(H,26,31)(H,24,27,28)/t12-/m0/s1. The van der Waals surface area contributed by atoms with E-state index in [2.05, 4.69) is 30.6 Å². The number of aryl methyl sites for hydroxylation is 1. The Morgan fingerprint density at radius 1 is 1.19 bits per heavy atom. The number of nitrogens with zero attached hydrogens (tertiary/aromatic N) is 5. The molecule has 1 fully saturated rings. The maximum Gasteiger partial charge on any atom is 0.274 e. The third-order valence-electron chi connectivity index (χ3n) is 5.23. The van der Waals surface area contributed by atoms with E-state index in [4.69, 9.17) is 0 Å². The highest BCUT2D eigenvalue weighted by Crippen LogP contribution is 2.28. The van der Waals surface area contributed by atoms with E-state index in [1.54, 1.807) is 11.1 Å². The summed E-state index contributed by atoms with van der Waals surface area (Å²) in [5, 5.41) is 7.05. The smallest absolute Gasteiger partial charge is 0.274 e. The maximum atomic E-state index is 13.2. The second-order valence-corrected chi connectivity index (χ2v) is 10.2. The number of hydrogen-bond donors (Lipinski definition) is 2. The predicted octanol–water partition coefficient (Wildman–Crippen LogP) is 2.95. The lowest BCUT2D eigenvalue weighted by Crippen LogP contribution is -2.62. The van der Waals surface area contributed by atoms with E-state index in [0.29, 0.717) is 35.1 Å². The average molecular weight is 454 g/mol. The van der Waals surface area contributed by atoms with Gasteiger partial charge in [0, 0.05) is 24.7 Å². The molecule has 4 heterocycles. The fourth-order valence-corrected chi connectivity index (χ4v) is 4.16. The molecule has 10 heteroatoms. The lowest BCUT2D eigenvalue weighted by atomic mass is 9.94. The SMILES string of the molecule is Cc1nc2nc(N[C@@H](C)c3ccccn3)nc(C(=O)N3CC(NC(=O)C(C)(C)C)C3)c2s1. The highest BCUT2D eigenvalue weighted by molar-refractivity contribution is 7.18. The summed E-state index contributed by atoms with van der Waals surface area (Å²) in [5.41, 5.74) is 1.21. The molecule has 0 saturated carbocycles. The molecule has 3 aromatic rings. The van der Waals surface area contributed by atoms with Crippen LogP contribution in [0, 0.1) is 12.3 Å². The maximum absolute atomic E-state index is 13.2. The van der Waals surface area contributed by atoms with Crippen LogP contribution >= 0.6 is 11.3 Å². The minimum absolute atomic E-state index is 0.0212. The van der Waals surface area contributed by atoms with Crippen molar-refractivity contribution < 1.29 is 9.59 Å². The average Bonchev–Trinajstić information content (AvgIpc) is 3.09. The quantitative estimate of drug-likeness (QED) is 0.611. The van der Waals surface area contributed by atoms with Gasteiger partial charge in [0.25, 0.3) is 5.91 Å². The normalized spacial score (nSPS) is 15.3. The van der Waals surface area contributed by atoms with Gasteiger partial charge in [-0.1, -0.05) is 26.8 Å². The van der Waals surface area contributed by atoms with Crippen molar-refractivity contribution in [1.82, 2.24) is 30.2 Å². The summed E-state index contributed by atoms with van der Waals surface area (Å²) in [6, 6.07) is 5.51. The van der Waals surface area contributed by atoms with Crippen LogP contribution in [0.1, 0.15) is 54.9 Å². The molecule has 168 valence electrons. The molecule has 1 aliphatic heterocycles. The summed E-state index contributed by atoms with van der Waals surface area (Å²) in [6.45, 7) is 10.4. The van der Waals surface area contributed by atoms with Crippen LogP contribution in [0.4, 0.5) is 5.95 Å². The van der Waals surface area contributed by atoms with Crippen LogP contribution in [-0.4, -0.2) is 55.8 Å². The van der Waals surface area contributed by atoms with E-state index in [9.17, 15) is 9.59 Å². The highest BCUT2D eigenvalue weighted by Gasteiger charge is 2.36. The van der Waals surface area contributed by atoms with Crippen molar-refractivity contribution in [3.8, 4) is 0 Å². The highest BCUT2D eigenvalue weighted by atomic mass is 32.1. The van der Waals surface area contributed by atoms with Crippen molar-refractivity contribution in [2.24, 2.45) is 5.41 Å². The van der Waals surface area contributed by atoms with Gasteiger partial charge < -0.3 is 15.5 Å². The molecule has 0 spiro atoms. The van der Waals surface area contributed by atoms with Crippen LogP contribution in [-0.2, 0) is 4.79 Å². The van der Waals surface area contributed by atoms with Gasteiger partial charge in [0.05, 0.1) is 22.8 Å². The van der Waals surface area contributed by atoms with E-state index in [1.165, 1.54) is 11.3 Å². The summed E-state index contributed by atoms with van der Waals surface area (Å²) >= 11 is 1.40. The number of thiazole rings is 1. The molecule has 0 bridgehead atoms. The van der Waals surface area contributed by atoms with Crippen LogP contribution in [0.5, 0.6) is 0 Å². The molecule has 0 aromatic carbocycles. The summed E-state index contributed by atoms with van der Waals surface area (Å²) < 4.78 is 0.672. The molecule has 1 saturated heterocycles. The molecule has 0 radical (unpaired) electrons. The molecule has 2 N–H and O–H groups in total. The predicted molar refractivity (Wildman–Crippen MR) is 124 cm³/mol. The lowest BCUT2D eigenvalue weighted by Gasteiger charge is -2.40. The van der Waals surface area contributed by atoms with Crippen molar-refractivity contribution in [3.05, 3.63) is 40.8 Å². The minimum Gasteiger partial charge on any atom is -0.349 e. The van der Waals surface area contributed by atoms with Crippen molar-refractivity contribution >= 4 is 39.4 Å². The van der Waals surface area contributed by atoms with Gasteiger partial charge in [0.2, 0.25) is 11.9 Å². The third kappa shape index (κ3) is 4.55. The largest absolute Gasteiger partial charge is 0.349 e. The first-order chi connectivity index (χ1) is 15.1. The molecular formula is C22H27N7O2S. The number of nitrogens with one attached hydrogen (secondary N) is 2. The summed E-state index contributed by atoms with van der Waals surface area (Å²) in [5.74, 6) is 0.130. The molecule has 2 amide bonds. The Balaban J connectivity index is 1.53.